The summed E-state index contributed by atoms with van der Waals surface area (Å²) in [6, 6.07) is 0. The molecule has 1 aliphatic heterocycles. The number of aromatic nitrogens is 2. The topological polar surface area (TPSA) is 50.3 Å². The molecule has 0 amide bonds. The van der Waals surface area contributed by atoms with Crippen LogP contribution >= 0.6 is 0 Å². The molecule has 1 fully saturated rings. The molecule has 2 rings (SSSR count). The zero-order chi connectivity index (χ0) is 12.3. The van der Waals surface area contributed by atoms with Crippen molar-refractivity contribution >= 4 is 11.6 Å². The number of hydrogen-bond donors (Lipinski definition) is 1. The maximum absolute atomic E-state index is 5.65. The van der Waals surface area contributed by atoms with Crippen LogP contribution in [0.4, 0.5) is 11.6 Å². The molecule has 17 heavy (non-hydrogen) atoms. The second-order valence-corrected chi connectivity index (χ2v) is 4.40. The predicted molar refractivity (Wildman–Crippen MR) is 68.6 cm³/mol. The Balaban J connectivity index is 2.25. The molecule has 0 bridgehead atoms. The van der Waals surface area contributed by atoms with Crippen LogP contribution in [0.5, 0.6) is 0 Å². The van der Waals surface area contributed by atoms with E-state index in [0.29, 0.717) is 0 Å². The third-order valence-electron chi connectivity index (χ3n) is 3.05. The standard InChI is InChI=1S/C12H20N4O/c1-9-7-16(5-4-6-17-9)12-10(2)11(13-3)14-8-15-12/h8-9H,4-7H2,1-3H3,(H,13,14,15). The Morgan fingerprint density at radius 2 is 2.29 bits per heavy atom. The van der Waals surface area contributed by atoms with E-state index in [1.165, 1.54) is 0 Å². The van der Waals surface area contributed by atoms with E-state index in [4.69, 9.17) is 4.74 Å². The van der Waals surface area contributed by atoms with E-state index in [1.807, 2.05) is 7.05 Å². The molecule has 5 heteroatoms. The van der Waals surface area contributed by atoms with Crippen LogP contribution < -0.4 is 10.2 Å². The van der Waals surface area contributed by atoms with Gasteiger partial charge in [0.25, 0.3) is 0 Å². The van der Waals surface area contributed by atoms with Gasteiger partial charge in [0.05, 0.1) is 6.10 Å². The van der Waals surface area contributed by atoms with E-state index in [-0.39, 0.29) is 6.10 Å². The first-order valence-electron chi connectivity index (χ1n) is 6.08. The average Bonchev–Trinajstić information content (AvgIpc) is 2.54. The zero-order valence-electron chi connectivity index (χ0n) is 10.7. The minimum atomic E-state index is 0.255. The summed E-state index contributed by atoms with van der Waals surface area (Å²) < 4.78 is 5.65. The fourth-order valence-electron chi connectivity index (χ4n) is 2.20. The number of rotatable bonds is 2. The summed E-state index contributed by atoms with van der Waals surface area (Å²) in [6.07, 6.45) is 2.91. The normalized spacial score (nSPS) is 21.1. The fourth-order valence-corrected chi connectivity index (χ4v) is 2.20. The van der Waals surface area contributed by atoms with E-state index in [2.05, 4.69) is 34.0 Å². The first-order valence-corrected chi connectivity index (χ1v) is 6.08. The van der Waals surface area contributed by atoms with Crippen molar-refractivity contribution in [2.45, 2.75) is 26.4 Å². The van der Waals surface area contributed by atoms with Crippen LogP contribution in [-0.2, 0) is 4.74 Å². The monoisotopic (exact) mass is 236 g/mol. The number of anilines is 2. The Hall–Kier alpha value is -1.36. The van der Waals surface area contributed by atoms with Gasteiger partial charge < -0.3 is 15.0 Å². The highest BCUT2D eigenvalue weighted by Crippen LogP contribution is 2.23. The highest BCUT2D eigenvalue weighted by Gasteiger charge is 2.19. The van der Waals surface area contributed by atoms with Crippen LogP contribution in [0, 0.1) is 6.92 Å². The Kier molecular flexibility index (Phi) is 3.78. The highest BCUT2D eigenvalue weighted by atomic mass is 16.5. The quantitative estimate of drug-likeness (QED) is 0.842. The number of nitrogens with one attached hydrogen (secondary N) is 1. The first kappa shape index (κ1) is 12.1. The maximum atomic E-state index is 5.65. The lowest BCUT2D eigenvalue weighted by atomic mass is 10.2. The van der Waals surface area contributed by atoms with Gasteiger partial charge in [-0.05, 0) is 20.3 Å². The summed E-state index contributed by atoms with van der Waals surface area (Å²) in [6.45, 7) is 6.87. The molecule has 0 saturated carbocycles. The third-order valence-corrected chi connectivity index (χ3v) is 3.05. The molecule has 0 aromatic carbocycles. The molecule has 1 aromatic heterocycles. The van der Waals surface area contributed by atoms with Crippen LogP contribution in [0.15, 0.2) is 6.33 Å². The van der Waals surface area contributed by atoms with Crippen molar-refractivity contribution in [3.8, 4) is 0 Å². The molecule has 0 radical (unpaired) electrons. The lowest BCUT2D eigenvalue weighted by Gasteiger charge is -2.25. The fraction of sp³-hybridized carbons (Fsp3) is 0.667. The summed E-state index contributed by atoms with van der Waals surface area (Å²) in [5, 5.41) is 3.09. The Morgan fingerprint density at radius 1 is 1.47 bits per heavy atom. The number of ether oxygens (including phenoxy) is 1. The van der Waals surface area contributed by atoms with Crippen LogP contribution in [0.2, 0.25) is 0 Å². The van der Waals surface area contributed by atoms with E-state index in [0.717, 1.165) is 43.3 Å². The molecular formula is C12H20N4O. The van der Waals surface area contributed by atoms with Gasteiger partial charge in [-0.1, -0.05) is 0 Å². The summed E-state index contributed by atoms with van der Waals surface area (Å²) in [5.74, 6) is 1.91. The van der Waals surface area contributed by atoms with Gasteiger partial charge in [-0.3, -0.25) is 0 Å². The van der Waals surface area contributed by atoms with Gasteiger partial charge in [-0.15, -0.1) is 0 Å². The van der Waals surface area contributed by atoms with Gasteiger partial charge in [0.1, 0.15) is 18.0 Å². The second kappa shape index (κ2) is 5.31. The molecule has 1 aromatic rings. The average molecular weight is 236 g/mol. The molecule has 94 valence electrons. The van der Waals surface area contributed by atoms with Gasteiger partial charge in [0.15, 0.2) is 0 Å². The molecule has 1 unspecified atom stereocenters. The van der Waals surface area contributed by atoms with Crippen molar-refractivity contribution in [1.29, 1.82) is 0 Å². The Morgan fingerprint density at radius 3 is 3.06 bits per heavy atom. The molecular weight excluding hydrogens is 216 g/mol. The molecule has 0 spiro atoms. The lowest BCUT2D eigenvalue weighted by Crippen LogP contribution is -2.31. The highest BCUT2D eigenvalue weighted by molar-refractivity contribution is 5.57. The van der Waals surface area contributed by atoms with E-state index in [1.54, 1.807) is 6.33 Å². The van der Waals surface area contributed by atoms with Gasteiger partial charge >= 0.3 is 0 Å². The van der Waals surface area contributed by atoms with Crippen molar-refractivity contribution in [2.75, 3.05) is 37.0 Å². The van der Waals surface area contributed by atoms with Crippen molar-refractivity contribution in [3.63, 3.8) is 0 Å². The number of hydrogen-bond acceptors (Lipinski definition) is 5. The van der Waals surface area contributed by atoms with E-state index < -0.39 is 0 Å². The van der Waals surface area contributed by atoms with Crippen LogP contribution in [0.1, 0.15) is 18.9 Å². The van der Waals surface area contributed by atoms with Gasteiger partial charge in [0, 0.05) is 32.3 Å². The van der Waals surface area contributed by atoms with E-state index in [9.17, 15) is 0 Å². The van der Waals surface area contributed by atoms with Crippen molar-refractivity contribution in [2.24, 2.45) is 0 Å². The molecule has 2 heterocycles. The second-order valence-electron chi connectivity index (χ2n) is 4.40. The summed E-state index contributed by atoms with van der Waals surface area (Å²) >= 11 is 0. The van der Waals surface area contributed by atoms with Crippen LogP contribution in [-0.4, -0.2) is 42.8 Å². The molecule has 1 N–H and O–H groups in total. The SMILES string of the molecule is CNc1ncnc(N2CCCOC(C)C2)c1C. The molecule has 1 aliphatic rings. The first-order chi connectivity index (χ1) is 8.22. The molecule has 1 atom stereocenters. The third kappa shape index (κ3) is 2.66. The largest absolute Gasteiger partial charge is 0.377 e. The van der Waals surface area contributed by atoms with Crippen molar-refractivity contribution in [3.05, 3.63) is 11.9 Å². The smallest absolute Gasteiger partial charge is 0.137 e. The zero-order valence-corrected chi connectivity index (χ0v) is 10.7. The van der Waals surface area contributed by atoms with Gasteiger partial charge in [-0.25, -0.2) is 9.97 Å². The Bertz CT molecular complexity index is 383. The number of nitrogens with zero attached hydrogens (tertiary/aromatic N) is 3. The summed E-state index contributed by atoms with van der Waals surface area (Å²) in [4.78, 5) is 10.9. The summed E-state index contributed by atoms with van der Waals surface area (Å²) in [7, 11) is 1.88. The van der Waals surface area contributed by atoms with Gasteiger partial charge in [-0.2, -0.15) is 0 Å². The lowest BCUT2D eigenvalue weighted by molar-refractivity contribution is 0.0820. The minimum Gasteiger partial charge on any atom is -0.377 e. The molecule has 5 nitrogen and oxygen atoms in total. The van der Waals surface area contributed by atoms with Crippen LogP contribution in [0.25, 0.3) is 0 Å². The summed E-state index contributed by atoms with van der Waals surface area (Å²) in [5.41, 5.74) is 1.10. The maximum Gasteiger partial charge on any atom is 0.137 e. The van der Waals surface area contributed by atoms with E-state index >= 15 is 0 Å². The predicted octanol–water partition coefficient (Wildman–Crippen LogP) is 1.44. The molecule has 1 saturated heterocycles. The van der Waals surface area contributed by atoms with Gasteiger partial charge in [0.2, 0.25) is 0 Å². The Labute approximate surface area is 102 Å². The van der Waals surface area contributed by atoms with Crippen molar-refractivity contribution < 1.29 is 4.74 Å². The van der Waals surface area contributed by atoms with Crippen molar-refractivity contribution in [1.82, 2.24) is 9.97 Å². The van der Waals surface area contributed by atoms with Crippen LogP contribution in [0.3, 0.4) is 0 Å². The minimum absolute atomic E-state index is 0.255. The molecule has 0 aliphatic carbocycles.